The summed E-state index contributed by atoms with van der Waals surface area (Å²) in [5.41, 5.74) is 1.62. The average molecular weight is 354 g/mol. The highest BCUT2D eigenvalue weighted by Gasteiger charge is 2.13. The molecule has 0 saturated heterocycles. The molecule has 8 nitrogen and oxygen atoms in total. The van der Waals surface area contributed by atoms with Crippen molar-refractivity contribution < 1.29 is 19.0 Å². The first-order valence-electron chi connectivity index (χ1n) is 7.89. The van der Waals surface area contributed by atoms with E-state index in [1.54, 1.807) is 32.4 Å². The summed E-state index contributed by atoms with van der Waals surface area (Å²) in [6, 6.07) is 14.7. The Balaban J connectivity index is 1.63. The fraction of sp³-hybridized carbons (Fsp3) is 0.222. The predicted octanol–water partition coefficient (Wildman–Crippen LogP) is 2.10. The Morgan fingerprint density at radius 2 is 1.81 bits per heavy atom. The number of ether oxygens (including phenoxy) is 3. The Morgan fingerprint density at radius 3 is 2.54 bits per heavy atom. The van der Waals surface area contributed by atoms with Crippen LogP contribution in [0.2, 0.25) is 0 Å². The number of rotatable bonds is 7. The maximum Gasteiger partial charge on any atom is 0.330 e. The van der Waals surface area contributed by atoms with E-state index in [2.05, 4.69) is 15.4 Å². The third-order valence-electron chi connectivity index (χ3n) is 3.61. The van der Waals surface area contributed by atoms with Crippen LogP contribution < -0.4 is 9.47 Å². The molecule has 0 amide bonds. The van der Waals surface area contributed by atoms with Gasteiger partial charge in [-0.3, -0.25) is 0 Å². The van der Waals surface area contributed by atoms with Gasteiger partial charge in [-0.25, -0.2) is 4.79 Å². The molecule has 0 spiro atoms. The number of benzene rings is 2. The molecule has 3 rings (SSSR count). The normalized spacial score (nSPS) is 10.4. The van der Waals surface area contributed by atoms with E-state index in [0.717, 1.165) is 5.56 Å². The lowest BCUT2D eigenvalue weighted by atomic mass is 10.2. The maximum atomic E-state index is 11.9. The van der Waals surface area contributed by atoms with Crippen LogP contribution in [-0.4, -0.2) is 40.4 Å². The lowest BCUT2D eigenvalue weighted by Gasteiger charge is -2.07. The van der Waals surface area contributed by atoms with Crippen LogP contribution in [0.25, 0.3) is 11.4 Å². The van der Waals surface area contributed by atoms with Crippen LogP contribution >= 0.6 is 0 Å². The number of tetrazole rings is 1. The Labute approximate surface area is 150 Å². The van der Waals surface area contributed by atoms with E-state index in [9.17, 15) is 4.79 Å². The van der Waals surface area contributed by atoms with Gasteiger partial charge in [0.15, 0.2) is 18.0 Å². The quantitative estimate of drug-likeness (QED) is 0.600. The molecular formula is C18H18N4O4. The summed E-state index contributed by atoms with van der Waals surface area (Å²) in [7, 11) is 3.11. The molecule has 1 aromatic heterocycles. The van der Waals surface area contributed by atoms with Gasteiger partial charge in [0.2, 0.25) is 5.82 Å². The molecule has 0 fully saturated rings. The number of aromatic nitrogens is 4. The summed E-state index contributed by atoms with van der Waals surface area (Å²) in [6.07, 6.45) is 0. The molecule has 0 atom stereocenters. The monoisotopic (exact) mass is 354 g/mol. The van der Waals surface area contributed by atoms with Crippen LogP contribution in [0.15, 0.2) is 48.5 Å². The minimum absolute atomic E-state index is 0.118. The molecule has 134 valence electrons. The number of carbonyl (C=O) groups excluding carboxylic acids is 1. The number of methoxy groups -OCH3 is 2. The first-order chi connectivity index (χ1) is 12.7. The molecule has 0 N–H and O–H groups in total. The molecule has 0 bridgehead atoms. The number of esters is 1. The van der Waals surface area contributed by atoms with Crippen LogP contribution in [0.1, 0.15) is 5.56 Å². The zero-order valence-electron chi connectivity index (χ0n) is 14.5. The molecule has 2 aromatic carbocycles. The van der Waals surface area contributed by atoms with Gasteiger partial charge in [0, 0.05) is 5.56 Å². The first-order valence-corrected chi connectivity index (χ1v) is 7.89. The van der Waals surface area contributed by atoms with Gasteiger partial charge in [0.25, 0.3) is 0 Å². The SMILES string of the molecule is COc1ccc(-c2nnn(CC(=O)OCc3ccccc3)n2)cc1OC. The molecule has 3 aromatic rings. The number of nitrogens with zero attached hydrogens (tertiary/aromatic N) is 4. The van der Waals surface area contributed by atoms with E-state index >= 15 is 0 Å². The van der Waals surface area contributed by atoms with Crippen LogP contribution in [0.3, 0.4) is 0 Å². The largest absolute Gasteiger partial charge is 0.493 e. The van der Waals surface area contributed by atoms with Gasteiger partial charge in [0.05, 0.1) is 14.2 Å². The summed E-state index contributed by atoms with van der Waals surface area (Å²) in [5.74, 6) is 1.10. The molecule has 1 heterocycles. The standard InChI is InChI=1S/C18H18N4O4/c1-24-15-9-8-14(10-16(15)25-2)18-19-21-22(20-18)11-17(23)26-12-13-6-4-3-5-7-13/h3-10H,11-12H2,1-2H3. The van der Waals surface area contributed by atoms with Gasteiger partial charge in [-0.1, -0.05) is 30.3 Å². The van der Waals surface area contributed by atoms with Gasteiger partial charge in [-0.15, -0.1) is 10.2 Å². The third-order valence-corrected chi connectivity index (χ3v) is 3.61. The van der Waals surface area contributed by atoms with Crippen molar-refractivity contribution in [1.29, 1.82) is 0 Å². The van der Waals surface area contributed by atoms with Gasteiger partial charge in [-0.05, 0) is 29.0 Å². The van der Waals surface area contributed by atoms with E-state index in [1.165, 1.54) is 4.80 Å². The van der Waals surface area contributed by atoms with Gasteiger partial charge >= 0.3 is 5.97 Å². The molecule has 0 radical (unpaired) electrons. The van der Waals surface area contributed by atoms with Crippen LogP contribution in [0.5, 0.6) is 11.5 Å². The summed E-state index contributed by atoms with van der Waals surface area (Å²) >= 11 is 0. The fourth-order valence-corrected chi connectivity index (χ4v) is 2.30. The minimum Gasteiger partial charge on any atom is -0.493 e. The zero-order valence-corrected chi connectivity index (χ0v) is 14.5. The van der Waals surface area contributed by atoms with E-state index < -0.39 is 5.97 Å². The third kappa shape index (κ3) is 4.15. The number of hydrogen-bond acceptors (Lipinski definition) is 7. The van der Waals surface area contributed by atoms with Crippen molar-refractivity contribution in [3.05, 3.63) is 54.1 Å². The van der Waals surface area contributed by atoms with Crippen molar-refractivity contribution in [2.24, 2.45) is 0 Å². The van der Waals surface area contributed by atoms with Crippen LogP contribution in [0, 0.1) is 0 Å². The second kappa shape index (κ2) is 8.11. The second-order valence-electron chi connectivity index (χ2n) is 5.36. The number of hydrogen-bond donors (Lipinski definition) is 0. The topological polar surface area (TPSA) is 88.4 Å². The Hall–Kier alpha value is -3.42. The molecule has 0 aliphatic rings. The smallest absolute Gasteiger partial charge is 0.330 e. The van der Waals surface area contributed by atoms with E-state index in [4.69, 9.17) is 14.2 Å². The number of carbonyl (C=O) groups is 1. The first kappa shape index (κ1) is 17.4. The highest BCUT2D eigenvalue weighted by molar-refractivity contribution is 5.69. The summed E-state index contributed by atoms with van der Waals surface area (Å²) in [4.78, 5) is 13.1. The molecule has 26 heavy (non-hydrogen) atoms. The predicted molar refractivity (Wildman–Crippen MR) is 92.6 cm³/mol. The molecule has 0 aliphatic heterocycles. The molecule has 0 saturated carbocycles. The van der Waals surface area contributed by atoms with E-state index in [0.29, 0.717) is 22.9 Å². The molecular weight excluding hydrogens is 336 g/mol. The van der Waals surface area contributed by atoms with Crippen molar-refractivity contribution in [3.8, 4) is 22.9 Å². The second-order valence-corrected chi connectivity index (χ2v) is 5.36. The van der Waals surface area contributed by atoms with Gasteiger partial charge in [0.1, 0.15) is 6.61 Å². The molecule has 8 heteroatoms. The van der Waals surface area contributed by atoms with E-state index in [-0.39, 0.29) is 13.2 Å². The Morgan fingerprint density at radius 1 is 1.04 bits per heavy atom. The fourth-order valence-electron chi connectivity index (χ4n) is 2.30. The highest BCUT2D eigenvalue weighted by Crippen LogP contribution is 2.30. The highest BCUT2D eigenvalue weighted by atomic mass is 16.5. The van der Waals surface area contributed by atoms with Gasteiger partial charge in [-0.2, -0.15) is 4.80 Å². The van der Waals surface area contributed by atoms with Crippen molar-refractivity contribution in [2.75, 3.05) is 14.2 Å². The zero-order chi connectivity index (χ0) is 18.4. The molecule has 0 unspecified atom stereocenters. The lowest BCUT2D eigenvalue weighted by molar-refractivity contribution is -0.146. The average Bonchev–Trinajstić information content (AvgIpc) is 3.15. The van der Waals surface area contributed by atoms with Crippen LogP contribution in [-0.2, 0) is 22.7 Å². The minimum atomic E-state index is -0.440. The van der Waals surface area contributed by atoms with Crippen molar-refractivity contribution >= 4 is 5.97 Å². The van der Waals surface area contributed by atoms with Gasteiger partial charge < -0.3 is 14.2 Å². The van der Waals surface area contributed by atoms with Crippen molar-refractivity contribution in [1.82, 2.24) is 20.2 Å². The van der Waals surface area contributed by atoms with Crippen molar-refractivity contribution in [3.63, 3.8) is 0 Å². The summed E-state index contributed by atoms with van der Waals surface area (Å²) in [6.45, 7) is 0.0873. The maximum absolute atomic E-state index is 11.9. The van der Waals surface area contributed by atoms with E-state index in [1.807, 2.05) is 30.3 Å². The Bertz CT molecular complexity index is 880. The Kier molecular flexibility index (Phi) is 5.43. The van der Waals surface area contributed by atoms with Crippen LogP contribution in [0.4, 0.5) is 0 Å². The molecule has 0 aliphatic carbocycles. The lowest BCUT2D eigenvalue weighted by Crippen LogP contribution is -2.15. The van der Waals surface area contributed by atoms with Crippen molar-refractivity contribution in [2.45, 2.75) is 13.2 Å². The summed E-state index contributed by atoms with van der Waals surface area (Å²) < 4.78 is 15.7. The summed E-state index contributed by atoms with van der Waals surface area (Å²) in [5, 5.41) is 12.1.